The maximum atomic E-state index is 12.1. The van der Waals surface area contributed by atoms with Gasteiger partial charge in [-0.05, 0) is 47.9 Å². The zero-order valence-corrected chi connectivity index (χ0v) is 15.0. The molecule has 1 N–H and O–H groups in total. The lowest BCUT2D eigenvalue weighted by atomic mass is 10.0. The molecule has 0 spiro atoms. The zero-order valence-electron chi connectivity index (χ0n) is 14.2. The minimum Gasteiger partial charge on any atom is -0.497 e. The number of sulfonamides is 1. The number of ether oxygens (including phenoxy) is 2. The van der Waals surface area contributed by atoms with Crippen LogP contribution in [0, 0.1) is 0 Å². The van der Waals surface area contributed by atoms with Crippen molar-refractivity contribution in [3.8, 4) is 11.5 Å². The third-order valence-electron chi connectivity index (χ3n) is 3.53. The van der Waals surface area contributed by atoms with Crippen LogP contribution in [0.25, 0.3) is 0 Å². The Balaban J connectivity index is 1.86. The van der Waals surface area contributed by atoms with E-state index in [-0.39, 0.29) is 12.4 Å². The molecule has 5 nitrogen and oxygen atoms in total. The zero-order chi connectivity index (χ0) is 17.6. The molecular weight excluding hydrogens is 326 g/mol. The van der Waals surface area contributed by atoms with Gasteiger partial charge >= 0.3 is 0 Å². The van der Waals surface area contributed by atoms with Crippen molar-refractivity contribution in [2.75, 3.05) is 24.2 Å². The Morgan fingerprint density at radius 2 is 1.54 bits per heavy atom. The van der Waals surface area contributed by atoms with Crippen LogP contribution in [-0.4, -0.2) is 27.9 Å². The van der Waals surface area contributed by atoms with Gasteiger partial charge in [0.15, 0.2) is 0 Å². The summed E-state index contributed by atoms with van der Waals surface area (Å²) < 4.78 is 37.3. The second-order valence-corrected chi connectivity index (χ2v) is 7.56. The van der Waals surface area contributed by atoms with E-state index in [9.17, 15) is 8.42 Å². The minimum atomic E-state index is -3.45. The number of hydrogen-bond acceptors (Lipinski definition) is 4. The van der Waals surface area contributed by atoms with Gasteiger partial charge in [0.1, 0.15) is 23.9 Å². The average Bonchev–Trinajstić information content (AvgIpc) is 2.55. The van der Waals surface area contributed by atoms with Crippen LogP contribution >= 0.6 is 0 Å². The van der Waals surface area contributed by atoms with Gasteiger partial charge in [0.05, 0.1) is 7.11 Å². The molecule has 0 amide bonds. The van der Waals surface area contributed by atoms with Crippen LogP contribution in [0.15, 0.2) is 48.5 Å². The first kappa shape index (κ1) is 18.1. The number of anilines is 1. The van der Waals surface area contributed by atoms with Gasteiger partial charge in [-0.2, -0.15) is 0 Å². The van der Waals surface area contributed by atoms with Crippen LogP contribution in [0.2, 0.25) is 0 Å². The molecule has 0 unspecified atom stereocenters. The Morgan fingerprint density at radius 1 is 0.958 bits per heavy atom. The standard InChI is InChI=1S/C18H23NO4S/c1-14(2)15-4-6-16(7-5-15)19-24(20,21)13-12-23-18-10-8-17(22-3)9-11-18/h4-11,14,19H,12-13H2,1-3H3. The largest absolute Gasteiger partial charge is 0.497 e. The topological polar surface area (TPSA) is 64.6 Å². The van der Waals surface area contributed by atoms with Crippen LogP contribution in [-0.2, 0) is 10.0 Å². The van der Waals surface area contributed by atoms with E-state index in [0.717, 1.165) is 5.75 Å². The maximum Gasteiger partial charge on any atom is 0.236 e. The summed E-state index contributed by atoms with van der Waals surface area (Å²) in [5.74, 6) is 1.62. The fourth-order valence-electron chi connectivity index (χ4n) is 2.11. The van der Waals surface area contributed by atoms with Crippen molar-refractivity contribution >= 4 is 15.7 Å². The van der Waals surface area contributed by atoms with E-state index >= 15 is 0 Å². The highest BCUT2D eigenvalue weighted by Gasteiger charge is 2.11. The predicted molar refractivity (Wildman–Crippen MR) is 96.4 cm³/mol. The van der Waals surface area contributed by atoms with Gasteiger partial charge in [-0.1, -0.05) is 26.0 Å². The molecule has 2 aromatic rings. The Kier molecular flexibility index (Phi) is 6.09. The van der Waals surface area contributed by atoms with Gasteiger partial charge in [0, 0.05) is 5.69 Å². The van der Waals surface area contributed by atoms with Gasteiger partial charge in [0.2, 0.25) is 10.0 Å². The molecule has 0 saturated carbocycles. The van der Waals surface area contributed by atoms with E-state index in [0.29, 0.717) is 17.4 Å². The molecule has 2 aromatic carbocycles. The van der Waals surface area contributed by atoms with Crippen molar-refractivity contribution in [3.05, 3.63) is 54.1 Å². The highest BCUT2D eigenvalue weighted by molar-refractivity contribution is 7.92. The van der Waals surface area contributed by atoms with Crippen molar-refractivity contribution < 1.29 is 17.9 Å². The van der Waals surface area contributed by atoms with Crippen molar-refractivity contribution in [1.82, 2.24) is 0 Å². The van der Waals surface area contributed by atoms with Crippen LogP contribution in [0.4, 0.5) is 5.69 Å². The van der Waals surface area contributed by atoms with E-state index in [1.54, 1.807) is 43.5 Å². The molecule has 0 fully saturated rings. The Bertz CT molecular complexity index is 738. The monoisotopic (exact) mass is 349 g/mol. The smallest absolute Gasteiger partial charge is 0.236 e. The van der Waals surface area contributed by atoms with E-state index in [1.165, 1.54) is 5.56 Å². The van der Waals surface area contributed by atoms with Gasteiger partial charge in [-0.3, -0.25) is 4.72 Å². The normalized spacial score (nSPS) is 11.3. The Hall–Kier alpha value is -2.21. The lowest BCUT2D eigenvalue weighted by molar-refractivity contribution is 0.340. The molecule has 0 saturated heterocycles. The molecule has 0 aliphatic heterocycles. The summed E-state index contributed by atoms with van der Waals surface area (Å²) in [6, 6.07) is 14.4. The van der Waals surface area contributed by atoms with Crippen LogP contribution in [0.5, 0.6) is 11.5 Å². The van der Waals surface area contributed by atoms with Crippen molar-refractivity contribution in [2.24, 2.45) is 0 Å². The molecule has 6 heteroatoms. The molecule has 0 atom stereocenters. The van der Waals surface area contributed by atoms with E-state index in [2.05, 4.69) is 18.6 Å². The number of methoxy groups -OCH3 is 1. The molecule has 0 aromatic heterocycles. The fourth-order valence-corrected chi connectivity index (χ4v) is 3.01. The molecule has 0 bridgehead atoms. The van der Waals surface area contributed by atoms with Crippen molar-refractivity contribution in [2.45, 2.75) is 19.8 Å². The lowest BCUT2D eigenvalue weighted by Crippen LogP contribution is -2.21. The molecule has 2 rings (SSSR count). The third kappa shape index (κ3) is 5.45. The number of benzene rings is 2. The predicted octanol–water partition coefficient (Wildman–Crippen LogP) is 3.64. The quantitative estimate of drug-likeness (QED) is 0.790. The number of rotatable bonds is 8. The first-order valence-corrected chi connectivity index (χ1v) is 9.42. The van der Waals surface area contributed by atoms with Crippen LogP contribution < -0.4 is 14.2 Å². The fraction of sp³-hybridized carbons (Fsp3) is 0.333. The summed E-state index contributed by atoms with van der Waals surface area (Å²) >= 11 is 0. The highest BCUT2D eigenvalue weighted by Crippen LogP contribution is 2.19. The summed E-state index contributed by atoms with van der Waals surface area (Å²) in [5.41, 5.74) is 1.73. The highest BCUT2D eigenvalue weighted by atomic mass is 32.2. The van der Waals surface area contributed by atoms with Gasteiger partial charge in [-0.25, -0.2) is 8.42 Å². The van der Waals surface area contributed by atoms with Gasteiger partial charge < -0.3 is 9.47 Å². The van der Waals surface area contributed by atoms with Gasteiger partial charge in [0.25, 0.3) is 0 Å². The molecule has 130 valence electrons. The van der Waals surface area contributed by atoms with Crippen LogP contribution in [0.3, 0.4) is 0 Å². The van der Waals surface area contributed by atoms with Crippen molar-refractivity contribution in [3.63, 3.8) is 0 Å². The Labute approximate surface area is 143 Å². The number of nitrogens with one attached hydrogen (secondary N) is 1. The summed E-state index contributed by atoms with van der Waals surface area (Å²) in [4.78, 5) is 0. The third-order valence-corrected chi connectivity index (χ3v) is 4.78. The van der Waals surface area contributed by atoms with Gasteiger partial charge in [-0.15, -0.1) is 0 Å². The maximum absolute atomic E-state index is 12.1. The number of hydrogen-bond donors (Lipinski definition) is 1. The molecule has 0 aliphatic rings. The summed E-state index contributed by atoms with van der Waals surface area (Å²) in [5, 5.41) is 0. The molecule has 0 heterocycles. The molecule has 0 radical (unpaired) electrons. The SMILES string of the molecule is COc1ccc(OCCS(=O)(=O)Nc2ccc(C(C)C)cc2)cc1. The van der Waals surface area contributed by atoms with E-state index in [4.69, 9.17) is 9.47 Å². The van der Waals surface area contributed by atoms with Crippen molar-refractivity contribution in [1.29, 1.82) is 0 Å². The molecule has 24 heavy (non-hydrogen) atoms. The van der Waals surface area contributed by atoms with E-state index < -0.39 is 10.0 Å². The first-order chi connectivity index (χ1) is 11.4. The Morgan fingerprint density at radius 3 is 2.08 bits per heavy atom. The summed E-state index contributed by atoms with van der Waals surface area (Å²) in [6.45, 7) is 4.26. The minimum absolute atomic E-state index is 0.0751. The molecular formula is C18H23NO4S. The average molecular weight is 349 g/mol. The van der Waals surface area contributed by atoms with Crippen LogP contribution in [0.1, 0.15) is 25.3 Å². The lowest BCUT2D eigenvalue weighted by Gasteiger charge is -2.11. The first-order valence-electron chi connectivity index (χ1n) is 7.77. The summed E-state index contributed by atoms with van der Waals surface area (Å²) in [6.07, 6.45) is 0. The second kappa shape index (κ2) is 8.06. The van der Waals surface area contributed by atoms with E-state index in [1.807, 2.05) is 12.1 Å². The summed E-state index contributed by atoms with van der Waals surface area (Å²) in [7, 11) is -1.87. The molecule has 0 aliphatic carbocycles. The second-order valence-electron chi connectivity index (χ2n) is 5.72.